The van der Waals surface area contributed by atoms with Gasteiger partial charge >= 0.3 is 0 Å². The van der Waals surface area contributed by atoms with E-state index in [0.29, 0.717) is 57.4 Å². The van der Waals surface area contributed by atoms with Crippen molar-refractivity contribution in [2.24, 2.45) is 10.2 Å². The van der Waals surface area contributed by atoms with E-state index in [1.807, 2.05) is 57.2 Å². The number of ketones is 1. The smallest absolute Gasteiger partial charge is 0.255 e. The summed E-state index contributed by atoms with van der Waals surface area (Å²) in [5.74, 6) is -0.226. The fourth-order valence-corrected chi connectivity index (χ4v) is 5.31. The molecule has 0 saturated carbocycles. The molecule has 5 rings (SSSR count). The highest BCUT2D eigenvalue weighted by atomic mass is 35.5. The minimum Gasteiger partial charge on any atom is -0.505 e. The minimum absolute atomic E-state index is 0.100. The van der Waals surface area contributed by atoms with E-state index in [9.17, 15) is 14.7 Å². The maximum Gasteiger partial charge on any atom is 0.255 e. The Morgan fingerprint density at radius 1 is 0.851 bits per heavy atom. The normalized spacial score (nSPS) is 11.8. The third kappa shape index (κ3) is 7.53. The standard InChI is InChI=1S/C37H35ClN4O5/c1-5-46-32-21-31(33(47-6-2)20-30(32)40-37(45)24-12-8-7-9-13-24)41-42-34-27-15-11-10-14-25(27)19-28(36(34)44)35(43)23(4)39-29-17-16-26(38)18-22(29)3/h7-21,23,39,44H,5-6H2,1-4H3,(H,40,45). The molecule has 5 aromatic rings. The van der Waals surface area contributed by atoms with Crippen molar-refractivity contribution in [2.45, 2.75) is 33.7 Å². The molecule has 1 unspecified atom stereocenters. The van der Waals surface area contributed by atoms with Crippen molar-refractivity contribution in [3.05, 3.63) is 113 Å². The molecule has 0 aromatic heterocycles. The third-order valence-corrected chi connectivity index (χ3v) is 7.65. The minimum atomic E-state index is -0.677. The highest BCUT2D eigenvalue weighted by molar-refractivity contribution is 6.30. The molecule has 1 atom stereocenters. The highest BCUT2D eigenvalue weighted by Gasteiger charge is 2.23. The van der Waals surface area contributed by atoms with Crippen LogP contribution in [0.15, 0.2) is 101 Å². The van der Waals surface area contributed by atoms with Gasteiger partial charge in [-0.1, -0.05) is 54.1 Å². The number of hydrogen-bond donors (Lipinski definition) is 3. The van der Waals surface area contributed by atoms with Crippen LogP contribution < -0.4 is 20.1 Å². The number of rotatable bonds is 12. The zero-order chi connectivity index (χ0) is 33.5. The number of amides is 1. The summed E-state index contributed by atoms with van der Waals surface area (Å²) in [7, 11) is 0. The van der Waals surface area contributed by atoms with Gasteiger partial charge in [-0.15, -0.1) is 10.2 Å². The average molecular weight is 651 g/mol. The molecule has 3 N–H and O–H groups in total. The largest absolute Gasteiger partial charge is 0.505 e. The van der Waals surface area contributed by atoms with Crippen molar-refractivity contribution in [3.63, 3.8) is 0 Å². The van der Waals surface area contributed by atoms with Gasteiger partial charge in [-0.2, -0.15) is 0 Å². The Morgan fingerprint density at radius 3 is 2.28 bits per heavy atom. The van der Waals surface area contributed by atoms with E-state index in [-0.39, 0.29) is 28.7 Å². The molecule has 240 valence electrons. The molecule has 47 heavy (non-hydrogen) atoms. The number of anilines is 2. The number of fused-ring (bicyclic) bond motifs is 1. The number of azo groups is 1. The van der Waals surface area contributed by atoms with Gasteiger partial charge in [-0.25, -0.2) is 0 Å². The molecule has 0 saturated heterocycles. The van der Waals surface area contributed by atoms with Gasteiger partial charge in [0, 0.05) is 33.8 Å². The molecule has 0 aliphatic carbocycles. The topological polar surface area (TPSA) is 122 Å². The summed E-state index contributed by atoms with van der Waals surface area (Å²) in [6.07, 6.45) is 0. The van der Waals surface area contributed by atoms with Crippen LogP contribution in [-0.2, 0) is 0 Å². The van der Waals surface area contributed by atoms with Gasteiger partial charge in [0.2, 0.25) is 0 Å². The number of Topliss-reactive ketones (excluding diaryl/α,β-unsaturated/α-hetero) is 1. The van der Waals surface area contributed by atoms with Crippen LogP contribution in [0.3, 0.4) is 0 Å². The number of aromatic hydroxyl groups is 1. The van der Waals surface area contributed by atoms with Crippen LogP contribution >= 0.6 is 11.6 Å². The van der Waals surface area contributed by atoms with E-state index < -0.39 is 6.04 Å². The second-order valence-corrected chi connectivity index (χ2v) is 11.2. The Morgan fingerprint density at radius 2 is 1.55 bits per heavy atom. The van der Waals surface area contributed by atoms with Crippen LogP contribution in [0.25, 0.3) is 10.8 Å². The first-order valence-electron chi connectivity index (χ1n) is 15.2. The number of hydrogen-bond acceptors (Lipinski definition) is 8. The van der Waals surface area contributed by atoms with Crippen LogP contribution in [0.4, 0.5) is 22.7 Å². The second kappa shape index (κ2) is 14.8. The number of phenols is 1. The molecule has 1 amide bonds. The lowest BCUT2D eigenvalue weighted by Crippen LogP contribution is -2.26. The van der Waals surface area contributed by atoms with Crippen LogP contribution in [-0.4, -0.2) is 36.1 Å². The summed E-state index contributed by atoms with van der Waals surface area (Å²) in [5, 5.41) is 28.4. The summed E-state index contributed by atoms with van der Waals surface area (Å²) >= 11 is 6.10. The van der Waals surface area contributed by atoms with E-state index in [2.05, 4.69) is 20.9 Å². The second-order valence-electron chi connectivity index (χ2n) is 10.7. The first-order valence-corrected chi connectivity index (χ1v) is 15.6. The first kappa shape index (κ1) is 33.0. The van der Waals surface area contributed by atoms with Crippen LogP contribution in [0, 0.1) is 6.92 Å². The lowest BCUT2D eigenvalue weighted by molar-refractivity contribution is 0.0972. The van der Waals surface area contributed by atoms with E-state index >= 15 is 0 Å². The third-order valence-electron chi connectivity index (χ3n) is 7.42. The van der Waals surface area contributed by atoms with Gasteiger partial charge in [0.05, 0.1) is 30.5 Å². The molecule has 0 aliphatic rings. The molecular weight excluding hydrogens is 616 g/mol. The summed E-state index contributed by atoms with van der Waals surface area (Å²) in [6, 6.07) is 25.7. The summed E-state index contributed by atoms with van der Waals surface area (Å²) in [5.41, 5.74) is 3.07. The average Bonchev–Trinajstić information content (AvgIpc) is 3.07. The summed E-state index contributed by atoms with van der Waals surface area (Å²) in [4.78, 5) is 26.7. The Labute approximate surface area is 278 Å². The summed E-state index contributed by atoms with van der Waals surface area (Å²) in [6.45, 7) is 7.93. The van der Waals surface area contributed by atoms with E-state index in [0.717, 1.165) is 11.3 Å². The van der Waals surface area contributed by atoms with Gasteiger partial charge in [0.25, 0.3) is 5.91 Å². The molecule has 0 aliphatic heterocycles. The molecule has 0 spiro atoms. The zero-order valence-electron chi connectivity index (χ0n) is 26.5. The number of ether oxygens (including phenoxy) is 2. The lowest BCUT2D eigenvalue weighted by Gasteiger charge is -2.18. The number of carbonyl (C=O) groups is 2. The quantitative estimate of drug-likeness (QED) is 0.0913. The van der Waals surface area contributed by atoms with Crippen LogP contribution in [0.2, 0.25) is 5.02 Å². The zero-order valence-corrected chi connectivity index (χ0v) is 27.3. The van der Waals surface area contributed by atoms with Crippen molar-refractivity contribution in [2.75, 3.05) is 23.8 Å². The molecule has 5 aromatic carbocycles. The molecule has 0 heterocycles. The van der Waals surface area contributed by atoms with Gasteiger partial charge in [-0.3, -0.25) is 9.59 Å². The summed E-state index contributed by atoms with van der Waals surface area (Å²) < 4.78 is 11.7. The Balaban J connectivity index is 1.53. The highest BCUT2D eigenvalue weighted by Crippen LogP contribution is 2.43. The predicted octanol–water partition coefficient (Wildman–Crippen LogP) is 9.66. The van der Waals surface area contributed by atoms with E-state index in [1.54, 1.807) is 61.5 Å². The molecule has 0 fully saturated rings. The molecule has 10 heteroatoms. The Bertz CT molecular complexity index is 1960. The maximum atomic E-state index is 13.7. The lowest BCUT2D eigenvalue weighted by atomic mass is 9.98. The predicted molar refractivity (Wildman–Crippen MR) is 187 cm³/mol. The Hall–Kier alpha value is -5.41. The van der Waals surface area contributed by atoms with Crippen molar-refractivity contribution < 1.29 is 24.2 Å². The fourth-order valence-electron chi connectivity index (χ4n) is 5.09. The molecule has 0 radical (unpaired) electrons. The number of nitrogens with zero attached hydrogens (tertiary/aromatic N) is 2. The van der Waals surface area contributed by atoms with Gasteiger partial charge < -0.3 is 25.2 Å². The number of aryl methyl sites for hydroxylation is 1. The van der Waals surface area contributed by atoms with Gasteiger partial charge in [-0.05, 0) is 75.0 Å². The number of benzene rings is 5. The van der Waals surface area contributed by atoms with Crippen LogP contribution in [0.5, 0.6) is 17.2 Å². The number of halogens is 1. The van der Waals surface area contributed by atoms with Crippen molar-refractivity contribution in [1.29, 1.82) is 0 Å². The van der Waals surface area contributed by atoms with Crippen LogP contribution in [0.1, 0.15) is 47.1 Å². The first-order chi connectivity index (χ1) is 22.7. The van der Waals surface area contributed by atoms with Gasteiger partial charge in [0.1, 0.15) is 22.9 Å². The monoisotopic (exact) mass is 650 g/mol. The Kier molecular flexibility index (Phi) is 10.4. The molecular formula is C37H35ClN4O5. The van der Waals surface area contributed by atoms with Crippen molar-refractivity contribution in [3.8, 4) is 17.2 Å². The number of nitrogens with one attached hydrogen (secondary N) is 2. The molecule has 9 nitrogen and oxygen atoms in total. The van der Waals surface area contributed by atoms with Gasteiger partial charge in [0.15, 0.2) is 11.5 Å². The van der Waals surface area contributed by atoms with Crippen molar-refractivity contribution >= 4 is 56.8 Å². The van der Waals surface area contributed by atoms with Crippen molar-refractivity contribution in [1.82, 2.24) is 0 Å². The fraction of sp³-hybridized carbons (Fsp3) is 0.189. The molecule has 0 bridgehead atoms. The number of carbonyl (C=O) groups excluding carboxylic acids is 2. The SMILES string of the molecule is CCOc1cc(NC(=O)c2ccccc2)c(OCC)cc1N=Nc1c(O)c(C(=O)C(C)Nc2ccc(Cl)cc2C)cc2ccccc12. The number of phenolic OH excluding ortho intramolecular Hbond substituents is 1. The maximum absolute atomic E-state index is 13.7. The van der Waals surface area contributed by atoms with E-state index in [4.69, 9.17) is 21.1 Å². The van der Waals surface area contributed by atoms with E-state index in [1.165, 1.54) is 0 Å².